The Morgan fingerprint density at radius 3 is 2.51 bits per heavy atom. The molecule has 0 saturated heterocycles. The molecule has 1 atom stereocenters. The highest BCUT2D eigenvalue weighted by atomic mass is 32.2. The highest BCUT2D eigenvalue weighted by molar-refractivity contribution is 7.98. The second-order valence-electron chi connectivity index (χ2n) is 9.06. The monoisotopic (exact) mass is 499 g/mol. The number of carbonyl (C=O) groups is 2. The number of ether oxygens (including phenoxy) is 2. The fourth-order valence-electron chi connectivity index (χ4n) is 3.24. The van der Waals surface area contributed by atoms with Crippen LogP contribution in [0.1, 0.15) is 36.8 Å². The van der Waals surface area contributed by atoms with Gasteiger partial charge < -0.3 is 19.8 Å². The first-order valence-electron chi connectivity index (χ1n) is 11.0. The summed E-state index contributed by atoms with van der Waals surface area (Å²) in [6, 6.07) is 13.5. The van der Waals surface area contributed by atoms with Crippen molar-refractivity contribution in [3.8, 4) is 5.75 Å². The summed E-state index contributed by atoms with van der Waals surface area (Å²) < 4.78 is 10.6. The molecule has 1 aromatic heterocycles. The predicted octanol–water partition coefficient (Wildman–Crippen LogP) is 4.71. The van der Waals surface area contributed by atoms with E-state index in [2.05, 4.69) is 10.3 Å². The van der Waals surface area contributed by atoms with Gasteiger partial charge in [-0.3, -0.25) is 19.7 Å². The van der Waals surface area contributed by atoms with E-state index in [4.69, 9.17) is 9.47 Å². The molecule has 3 aromatic rings. The summed E-state index contributed by atoms with van der Waals surface area (Å²) in [5.41, 5.74) is 0.803. The number of amides is 1. The fourth-order valence-corrected chi connectivity index (χ4v) is 4.25. The number of aromatic nitrogens is 1. The number of H-pyrrole nitrogens is 1. The number of benzene rings is 2. The molecule has 0 bridgehead atoms. The lowest BCUT2D eigenvalue weighted by Gasteiger charge is -2.22. The first-order valence-corrected chi connectivity index (χ1v) is 12.2. The maximum absolute atomic E-state index is 13.0. The number of hydrogen-bond donors (Lipinski definition) is 2. The van der Waals surface area contributed by atoms with Crippen molar-refractivity contribution in [2.45, 2.75) is 32.6 Å². The minimum Gasteiger partial charge on any atom is -0.497 e. The molecule has 10 heteroatoms. The van der Waals surface area contributed by atoms with Crippen LogP contribution < -0.4 is 10.1 Å². The number of aromatic amines is 1. The van der Waals surface area contributed by atoms with Crippen molar-refractivity contribution in [2.24, 2.45) is 5.41 Å². The van der Waals surface area contributed by atoms with Crippen LogP contribution in [0.5, 0.6) is 5.75 Å². The van der Waals surface area contributed by atoms with Gasteiger partial charge in [0.05, 0.1) is 23.5 Å². The number of rotatable bonds is 10. The molecule has 9 nitrogen and oxygen atoms in total. The van der Waals surface area contributed by atoms with Gasteiger partial charge >= 0.3 is 5.97 Å². The van der Waals surface area contributed by atoms with Crippen LogP contribution in [0.2, 0.25) is 0 Å². The molecule has 2 aromatic carbocycles. The molecule has 186 valence electrons. The van der Waals surface area contributed by atoms with Crippen molar-refractivity contribution in [1.82, 2.24) is 10.3 Å². The van der Waals surface area contributed by atoms with E-state index in [1.807, 2.05) is 24.3 Å². The molecule has 1 amide bonds. The Bertz CT molecular complexity index is 1200. The largest absolute Gasteiger partial charge is 0.497 e. The minimum absolute atomic E-state index is 0.0117. The van der Waals surface area contributed by atoms with Crippen LogP contribution in [-0.4, -0.2) is 47.3 Å². The number of hydrogen-bond acceptors (Lipinski definition) is 7. The summed E-state index contributed by atoms with van der Waals surface area (Å²) in [7, 11) is 1.61. The van der Waals surface area contributed by atoms with Gasteiger partial charge in [-0.2, -0.15) is 11.8 Å². The molecule has 35 heavy (non-hydrogen) atoms. The van der Waals surface area contributed by atoms with Crippen molar-refractivity contribution >= 4 is 40.2 Å². The van der Waals surface area contributed by atoms with Crippen molar-refractivity contribution < 1.29 is 24.0 Å². The molecule has 0 aliphatic carbocycles. The summed E-state index contributed by atoms with van der Waals surface area (Å²) in [6.45, 7) is 5.30. The predicted molar refractivity (Wildman–Crippen MR) is 136 cm³/mol. The molecule has 0 radical (unpaired) electrons. The Balaban J connectivity index is 1.70. The summed E-state index contributed by atoms with van der Waals surface area (Å²) in [5.74, 6) is 1.17. The smallest absolute Gasteiger partial charge is 0.311 e. The second kappa shape index (κ2) is 11.3. The summed E-state index contributed by atoms with van der Waals surface area (Å²) in [6.07, 6.45) is 0. The first-order chi connectivity index (χ1) is 16.6. The van der Waals surface area contributed by atoms with Crippen LogP contribution in [0.15, 0.2) is 48.5 Å². The molecule has 0 unspecified atom stereocenters. The molecule has 0 aliphatic rings. The number of para-hydroxylation sites is 1. The lowest BCUT2D eigenvalue weighted by Crippen LogP contribution is -2.41. The highest BCUT2D eigenvalue weighted by Gasteiger charge is 2.25. The Morgan fingerprint density at radius 2 is 1.89 bits per heavy atom. The van der Waals surface area contributed by atoms with Gasteiger partial charge in [0.15, 0.2) is 0 Å². The van der Waals surface area contributed by atoms with Gasteiger partial charge in [0.2, 0.25) is 0 Å². The Hall–Kier alpha value is -3.53. The highest BCUT2D eigenvalue weighted by Crippen LogP contribution is 2.25. The summed E-state index contributed by atoms with van der Waals surface area (Å²) in [4.78, 5) is 38.9. The van der Waals surface area contributed by atoms with E-state index in [9.17, 15) is 19.7 Å². The zero-order valence-electron chi connectivity index (χ0n) is 20.1. The standard InChI is InChI=1S/C25H29N3O6S/c1-25(2,3)24(30)34-13-18(15-35-14-16-8-10-19(33-4)11-9-16)26-23(29)20-12-17-6-5-7-21(28(31)32)22(17)27-20/h5-12,18,27H,13-15H2,1-4H3,(H,26,29)/t18-/m1/s1. The number of thioether (sulfide) groups is 1. The van der Waals surface area contributed by atoms with Gasteiger partial charge in [-0.05, 0) is 44.5 Å². The van der Waals surface area contributed by atoms with Gasteiger partial charge in [0, 0.05) is 23.0 Å². The van der Waals surface area contributed by atoms with Crippen LogP contribution >= 0.6 is 11.8 Å². The van der Waals surface area contributed by atoms with E-state index < -0.39 is 22.3 Å². The molecule has 0 spiro atoms. The fraction of sp³-hybridized carbons (Fsp3) is 0.360. The van der Waals surface area contributed by atoms with Crippen molar-refractivity contribution in [3.05, 3.63) is 69.9 Å². The van der Waals surface area contributed by atoms with Gasteiger partial charge in [-0.15, -0.1) is 0 Å². The van der Waals surface area contributed by atoms with Crippen LogP contribution in [0.25, 0.3) is 10.9 Å². The second-order valence-corrected chi connectivity index (χ2v) is 10.1. The number of methoxy groups -OCH3 is 1. The minimum atomic E-state index is -0.666. The first kappa shape index (κ1) is 26.1. The van der Waals surface area contributed by atoms with Crippen molar-refractivity contribution in [3.63, 3.8) is 0 Å². The number of carbonyl (C=O) groups excluding carboxylic acids is 2. The lowest BCUT2D eigenvalue weighted by atomic mass is 9.97. The molecular weight excluding hydrogens is 470 g/mol. The van der Waals surface area contributed by atoms with E-state index in [1.165, 1.54) is 6.07 Å². The maximum atomic E-state index is 13.0. The number of nitro groups is 1. The molecule has 0 aliphatic heterocycles. The van der Waals surface area contributed by atoms with Gasteiger partial charge in [0.25, 0.3) is 11.6 Å². The van der Waals surface area contributed by atoms with E-state index in [0.717, 1.165) is 11.3 Å². The number of nitrogens with one attached hydrogen (secondary N) is 2. The molecule has 0 fully saturated rings. The molecule has 3 rings (SSSR count). The Morgan fingerprint density at radius 1 is 1.17 bits per heavy atom. The third kappa shape index (κ3) is 6.98. The van der Waals surface area contributed by atoms with Crippen molar-refractivity contribution in [1.29, 1.82) is 0 Å². The van der Waals surface area contributed by atoms with Crippen LogP contribution in [0, 0.1) is 15.5 Å². The van der Waals surface area contributed by atoms with Crippen LogP contribution in [-0.2, 0) is 15.3 Å². The number of nitro benzene ring substituents is 1. The average molecular weight is 500 g/mol. The van der Waals surface area contributed by atoms with Gasteiger partial charge in [-0.1, -0.05) is 24.3 Å². The van der Waals surface area contributed by atoms with E-state index in [-0.39, 0.29) is 29.5 Å². The van der Waals surface area contributed by atoms with E-state index in [1.54, 1.807) is 57.8 Å². The van der Waals surface area contributed by atoms with E-state index >= 15 is 0 Å². The van der Waals surface area contributed by atoms with Gasteiger partial charge in [0.1, 0.15) is 23.6 Å². The average Bonchev–Trinajstić information content (AvgIpc) is 3.26. The number of non-ortho nitro benzene ring substituents is 1. The number of esters is 1. The summed E-state index contributed by atoms with van der Waals surface area (Å²) >= 11 is 1.59. The summed E-state index contributed by atoms with van der Waals surface area (Å²) in [5, 5.41) is 14.8. The third-order valence-corrected chi connectivity index (χ3v) is 6.36. The maximum Gasteiger partial charge on any atom is 0.311 e. The quantitative estimate of drug-likeness (QED) is 0.235. The SMILES string of the molecule is COc1ccc(CSC[C@@H](COC(=O)C(C)(C)C)NC(=O)c2cc3cccc([N+](=O)[O-])c3[nH]2)cc1. The van der Waals surface area contributed by atoms with Crippen LogP contribution in [0.3, 0.4) is 0 Å². The normalized spacial score (nSPS) is 12.2. The Kier molecular flexibility index (Phi) is 8.39. The topological polar surface area (TPSA) is 124 Å². The van der Waals surface area contributed by atoms with E-state index in [0.29, 0.717) is 16.9 Å². The molecule has 1 heterocycles. The number of nitrogens with zero attached hydrogens (tertiary/aromatic N) is 1. The molecule has 2 N–H and O–H groups in total. The zero-order valence-corrected chi connectivity index (χ0v) is 20.9. The lowest BCUT2D eigenvalue weighted by molar-refractivity contribution is -0.383. The number of fused-ring (bicyclic) bond motifs is 1. The van der Waals surface area contributed by atoms with Crippen LogP contribution in [0.4, 0.5) is 5.69 Å². The van der Waals surface area contributed by atoms with Gasteiger partial charge in [-0.25, -0.2) is 0 Å². The molecule has 0 saturated carbocycles. The van der Waals surface area contributed by atoms with Crippen molar-refractivity contribution in [2.75, 3.05) is 19.5 Å². The Labute approximate surface area is 207 Å². The molecular formula is C25H29N3O6S. The zero-order chi connectivity index (χ0) is 25.6. The third-order valence-electron chi connectivity index (χ3n) is 5.19.